The fourth-order valence-corrected chi connectivity index (χ4v) is 2.99. The van der Waals surface area contributed by atoms with Gasteiger partial charge in [-0.25, -0.2) is 0 Å². The van der Waals surface area contributed by atoms with Crippen molar-refractivity contribution in [2.45, 2.75) is 12.3 Å². The van der Waals surface area contributed by atoms with Crippen molar-refractivity contribution in [1.82, 2.24) is 0 Å². The maximum Gasteiger partial charge on any atom is 0.0490 e. The first-order chi connectivity index (χ1) is 13.4. The smallest absolute Gasteiger partial charge is 0.0490 e. The van der Waals surface area contributed by atoms with E-state index >= 15 is 0 Å². The molecule has 1 unspecified atom stereocenters. The number of hydrogen-bond acceptors (Lipinski definition) is 0. The molecule has 0 saturated heterocycles. The van der Waals surface area contributed by atoms with Gasteiger partial charge in [0.05, 0.1) is 0 Å². The van der Waals surface area contributed by atoms with Crippen LogP contribution in [-0.4, -0.2) is 0 Å². The molecule has 3 rings (SSSR count). The lowest BCUT2D eigenvalue weighted by molar-refractivity contribution is 0.896. The van der Waals surface area contributed by atoms with E-state index in [9.17, 15) is 0 Å². The van der Waals surface area contributed by atoms with Gasteiger partial charge in [-0.3, -0.25) is 0 Å². The van der Waals surface area contributed by atoms with E-state index in [1.807, 2.05) is 54.6 Å². The monoisotopic (exact) mass is 368 g/mol. The van der Waals surface area contributed by atoms with E-state index in [2.05, 4.69) is 60.4 Å². The molecule has 0 bridgehead atoms. The van der Waals surface area contributed by atoms with Crippen LogP contribution in [0.2, 0.25) is 0 Å². The Bertz CT molecular complexity index is 943. The average Bonchev–Trinajstić information content (AvgIpc) is 2.75. The number of hydrogen-bond donors (Lipinski definition) is 0. The Morgan fingerprint density at radius 3 is 2.04 bits per heavy atom. The summed E-state index contributed by atoms with van der Waals surface area (Å²) in [5.41, 5.74) is 5.84. The van der Waals surface area contributed by atoms with E-state index in [-0.39, 0.29) is 5.92 Å². The molecule has 0 aliphatic heterocycles. The molecule has 0 nitrogen and oxygen atoms in total. The Balaban J connectivity index is 1.82. The van der Waals surface area contributed by atoms with Crippen molar-refractivity contribution in [3.05, 3.63) is 119 Å². The van der Waals surface area contributed by atoms with Crippen LogP contribution in [0, 0.1) is 11.8 Å². The van der Waals surface area contributed by atoms with Crippen LogP contribution in [0.1, 0.15) is 29.0 Å². The minimum absolute atomic E-state index is 0.112. The highest BCUT2D eigenvalue weighted by atomic mass is 35.5. The Morgan fingerprint density at radius 2 is 1.41 bits per heavy atom. The van der Waals surface area contributed by atoms with Crippen LogP contribution in [0.5, 0.6) is 0 Å². The van der Waals surface area contributed by atoms with Gasteiger partial charge >= 0.3 is 0 Å². The zero-order chi connectivity index (χ0) is 18.7. The Kier molecular flexibility index (Phi) is 7.10. The normalized spacial score (nSPS) is 12.4. The molecule has 132 valence electrons. The van der Waals surface area contributed by atoms with Crippen molar-refractivity contribution in [1.29, 1.82) is 0 Å². The second kappa shape index (κ2) is 10.2. The molecular weight excluding hydrogens is 348 g/mol. The van der Waals surface area contributed by atoms with Crippen molar-refractivity contribution in [3.8, 4) is 11.8 Å². The van der Waals surface area contributed by atoms with Gasteiger partial charge in [0.1, 0.15) is 0 Å². The van der Waals surface area contributed by atoms with E-state index in [4.69, 9.17) is 11.6 Å². The second-order valence-electron chi connectivity index (χ2n) is 6.17. The summed E-state index contributed by atoms with van der Waals surface area (Å²) in [6.07, 6.45) is 5.18. The van der Waals surface area contributed by atoms with Crippen molar-refractivity contribution in [2.24, 2.45) is 0 Å². The highest BCUT2D eigenvalue weighted by molar-refractivity contribution is 6.29. The molecule has 0 saturated carbocycles. The second-order valence-corrected chi connectivity index (χ2v) is 6.39. The molecule has 3 aromatic rings. The summed E-state index contributed by atoms with van der Waals surface area (Å²) in [6, 6.07) is 30.7. The molecule has 0 fully saturated rings. The van der Waals surface area contributed by atoms with Gasteiger partial charge in [-0.2, -0.15) is 0 Å². The summed E-state index contributed by atoms with van der Waals surface area (Å²) in [7, 11) is 0. The van der Waals surface area contributed by atoms with Crippen LogP contribution in [-0.2, 0) is 0 Å². The van der Waals surface area contributed by atoms with Crippen LogP contribution in [0.25, 0.3) is 11.6 Å². The topological polar surface area (TPSA) is 0 Å². The highest BCUT2D eigenvalue weighted by Gasteiger charge is 2.06. The van der Waals surface area contributed by atoms with Gasteiger partial charge < -0.3 is 0 Å². The van der Waals surface area contributed by atoms with E-state index in [0.717, 1.165) is 17.6 Å². The van der Waals surface area contributed by atoms with Crippen LogP contribution in [0.4, 0.5) is 0 Å². The number of allylic oxidation sites excluding steroid dienone is 2. The summed E-state index contributed by atoms with van der Waals surface area (Å²) >= 11 is 6.04. The molecule has 1 heteroatoms. The predicted octanol–water partition coefficient (Wildman–Crippen LogP) is 7.16. The Hall–Kier alpha value is -3.01. The third-order valence-electron chi connectivity index (χ3n) is 4.26. The van der Waals surface area contributed by atoms with Crippen molar-refractivity contribution >= 4 is 23.3 Å². The van der Waals surface area contributed by atoms with E-state index in [1.54, 1.807) is 5.54 Å². The van der Waals surface area contributed by atoms with Gasteiger partial charge in [-0.1, -0.05) is 127 Å². The van der Waals surface area contributed by atoms with Crippen LogP contribution in [0.3, 0.4) is 0 Å². The van der Waals surface area contributed by atoms with Gasteiger partial charge in [0.15, 0.2) is 0 Å². The quantitative estimate of drug-likeness (QED) is 0.419. The first-order valence-electron chi connectivity index (χ1n) is 9.00. The third kappa shape index (κ3) is 5.74. The lowest BCUT2D eigenvalue weighted by Gasteiger charge is -2.09. The molecule has 3 aromatic carbocycles. The zero-order valence-corrected chi connectivity index (χ0v) is 15.8. The molecular formula is C26H21Cl. The molecule has 27 heavy (non-hydrogen) atoms. The minimum atomic E-state index is 0.112. The fraction of sp³-hybridized carbons (Fsp3) is 0.0769. The van der Waals surface area contributed by atoms with E-state index < -0.39 is 0 Å². The first-order valence-corrected chi connectivity index (χ1v) is 9.44. The van der Waals surface area contributed by atoms with Crippen LogP contribution >= 0.6 is 11.6 Å². The Labute approximate surface area is 166 Å². The van der Waals surface area contributed by atoms with Gasteiger partial charge in [-0.05, 0) is 23.1 Å². The first kappa shape index (κ1) is 18.8. The zero-order valence-electron chi connectivity index (χ0n) is 15.1. The SMILES string of the molecule is Cl/C=C(/C#CC(C/C=C/c1ccccc1)c1ccccc1)c1ccccc1. The number of halogens is 1. The Morgan fingerprint density at radius 1 is 0.815 bits per heavy atom. The van der Waals surface area contributed by atoms with Gasteiger partial charge in [0, 0.05) is 17.0 Å². The number of rotatable bonds is 5. The molecule has 0 N–H and O–H groups in total. The minimum Gasteiger partial charge on any atom is -0.0916 e. The highest BCUT2D eigenvalue weighted by Crippen LogP contribution is 2.21. The predicted molar refractivity (Wildman–Crippen MR) is 117 cm³/mol. The maximum atomic E-state index is 6.04. The van der Waals surface area contributed by atoms with E-state index in [1.165, 1.54) is 11.1 Å². The summed E-state index contributed by atoms with van der Waals surface area (Å²) in [4.78, 5) is 0. The van der Waals surface area contributed by atoms with Gasteiger partial charge in [-0.15, -0.1) is 0 Å². The lowest BCUT2D eigenvalue weighted by atomic mass is 9.95. The van der Waals surface area contributed by atoms with E-state index in [0.29, 0.717) is 0 Å². The molecule has 0 spiro atoms. The molecule has 1 atom stereocenters. The third-order valence-corrected chi connectivity index (χ3v) is 4.48. The number of benzene rings is 3. The van der Waals surface area contributed by atoms with Gasteiger partial charge in [0.25, 0.3) is 0 Å². The molecule has 0 heterocycles. The average molecular weight is 369 g/mol. The summed E-state index contributed by atoms with van der Waals surface area (Å²) in [6.45, 7) is 0. The molecule has 0 radical (unpaired) electrons. The summed E-state index contributed by atoms with van der Waals surface area (Å²) in [5.74, 6) is 6.81. The van der Waals surface area contributed by atoms with Crippen molar-refractivity contribution < 1.29 is 0 Å². The van der Waals surface area contributed by atoms with Crippen molar-refractivity contribution in [2.75, 3.05) is 0 Å². The van der Waals surface area contributed by atoms with Crippen LogP contribution < -0.4 is 0 Å². The standard InChI is InChI=1S/C26H21Cl/c27-21-26(24-16-8-3-9-17-24)20-19-25(23-14-6-2-7-15-23)18-10-13-22-11-4-1-5-12-22/h1-17,21,25H,18H2/b13-10+,26-21-. The van der Waals surface area contributed by atoms with Crippen LogP contribution in [0.15, 0.2) is 103 Å². The van der Waals surface area contributed by atoms with Gasteiger partial charge in [0.2, 0.25) is 0 Å². The summed E-state index contributed by atoms with van der Waals surface area (Å²) < 4.78 is 0. The molecule has 0 aliphatic rings. The summed E-state index contributed by atoms with van der Waals surface area (Å²) in [5, 5.41) is 0. The molecule has 0 aromatic heterocycles. The fourth-order valence-electron chi connectivity index (χ4n) is 2.81. The maximum absolute atomic E-state index is 6.04. The van der Waals surface area contributed by atoms with Crippen molar-refractivity contribution in [3.63, 3.8) is 0 Å². The largest absolute Gasteiger partial charge is 0.0916 e. The molecule has 0 aliphatic carbocycles. The lowest BCUT2D eigenvalue weighted by Crippen LogP contribution is -1.94. The molecule has 0 amide bonds.